The van der Waals surface area contributed by atoms with Crippen LogP contribution in [-0.4, -0.2) is 74.4 Å². The zero-order valence-electron chi connectivity index (χ0n) is 17.8. The van der Waals surface area contributed by atoms with E-state index in [1.165, 1.54) is 23.4 Å². The summed E-state index contributed by atoms with van der Waals surface area (Å²) in [6.45, 7) is 7.62. The van der Waals surface area contributed by atoms with Crippen molar-refractivity contribution in [2.45, 2.75) is 50.7 Å². The molecule has 2 heterocycles. The Kier molecular flexibility index (Phi) is 7.15. The SMILES string of the molecule is CC(=O)NCC1CCN(C(=O)c2cccc(S(=O)(=O)N3C[C@@H](C)O[C@@H](C)C3)c2)CC1. The van der Waals surface area contributed by atoms with Gasteiger partial charge in [-0.25, -0.2) is 8.42 Å². The molecule has 0 unspecified atom stereocenters. The number of morpholine rings is 1. The van der Waals surface area contributed by atoms with E-state index in [4.69, 9.17) is 4.74 Å². The first kappa shape index (κ1) is 22.7. The maximum atomic E-state index is 13.1. The summed E-state index contributed by atoms with van der Waals surface area (Å²) >= 11 is 0. The number of hydrogen-bond acceptors (Lipinski definition) is 5. The minimum atomic E-state index is -3.70. The van der Waals surface area contributed by atoms with E-state index in [0.717, 1.165) is 12.8 Å². The van der Waals surface area contributed by atoms with Crippen LogP contribution in [0.3, 0.4) is 0 Å². The number of piperidine rings is 1. The van der Waals surface area contributed by atoms with Gasteiger partial charge in [-0.15, -0.1) is 0 Å². The third-order valence-corrected chi connectivity index (χ3v) is 7.47. The van der Waals surface area contributed by atoms with Crippen LogP contribution < -0.4 is 5.32 Å². The summed E-state index contributed by atoms with van der Waals surface area (Å²) in [6.07, 6.45) is 1.28. The van der Waals surface area contributed by atoms with E-state index in [0.29, 0.717) is 44.2 Å². The van der Waals surface area contributed by atoms with Gasteiger partial charge in [0, 0.05) is 45.2 Å². The Morgan fingerprint density at radius 2 is 1.77 bits per heavy atom. The van der Waals surface area contributed by atoms with Gasteiger partial charge in [0.05, 0.1) is 17.1 Å². The lowest BCUT2D eigenvalue weighted by Gasteiger charge is -2.34. The van der Waals surface area contributed by atoms with E-state index in [2.05, 4.69) is 5.32 Å². The van der Waals surface area contributed by atoms with Crippen LogP contribution >= 0.6 is 0 Å². The van der Waals surface area contributed by atoms with Crippen LogP contribution in [0, 0.1) is 5.92 Å². The molecule has 2 aliphatic rings. The number of sulfonamides is 1. The fourth-order valence-corrected chi connectivity index (χ4v) is 5.71. The third kappa shape index (κ3) is 5.39. The molecular formula is C21H31N3O5S. The van der Waals surface area contributed by atoms with Gasteiger partial charge in [0.25, 0.3) is 5.91 Å². The number of hydrogen-bond donors (Lipinski definition) is 1. The topological polar surface area (TPSA) is 96.0 Å². The molecule has 2 saturated heterocycles. The van der Waals surface area contributed by atoms with Crippen LogP contribution in [0.5, 0.6) is 0 Å². The standard InChI is InChI=1S/C21H31N3O5S/c1-15-13-24(14-16(2)29-15)30(27,28)20-6-4-5-19(11-20)21(26)23-9-7-18(8-10-23)12-22-17(3)25/h4-6,11,15-16,18H,7-10,12-14H2,1-3H3,(H,22,25)/t15-,16+. The molecule has 9 heteroatoms. The van der Waals surface area contributed by atoms with Crippen molar-refractivity contribution in [2.24, 2.45) is 5.92 Å². The Bertz CT molecular complexity index is 870. The number of nitrogens with zero attached hydrogens (tertiary/aromatic N) is 2. The number of rotatable bonds is 5. The van der Waals surface area contributed by atoms with Gasteiger partial charge in [0.2, 0.25) is 15.9 Å². The second-order valence-electron chi connectivity index (χ2n) is 8.28. The molecule has 2 fully saturated rings. The highest BCUT2D eigenvalue weighted by Gasteiger charge is 2.33. The highest BCUT2D eigenvalue weighted by Crippen LogP contribution is 2.24. The molecule has 8 nitrogen and oxygen atoms in total. The summed E-state index contributed by atoms with van der Waals surface area (Å²) in [4.78, 5) is 25.9. The molecule has 2 amide bonds. The van der Waals surface area contributed by atoms with Gasteiger partial charge in [0.15, 0.2) is 0 Å². The first-order chi connectivity index (χ1) is 14.2. The number of carbonyl (C=O) groups excluding carboxylic acids is 2. The Balaban J connectivity index is 1.68. The largest absolute Gasteiger partial charge is 0.373 e. The first-order valence-electron chi connectivity index (χ1n) is 10.5. The molecule has 0 bridgehead atoms. The van der Waals surface area contributed by atoms with Gasteiger partial charge in [-0.05, 0) is 50.8 Å². The van der Waals surface area contributed by atoms with E-state index in [1.807, 2.05) is 13.8 Å². The Morgan fingerprint density at radius 1 is 1.13 bits per heavy atom. The zero-order chi connectivity index (χ0) is 21.9. The van der Waals surface area contributed by atoms with Crippen molar-refractivity contribution in [3.63, 3.8) is 0 Å². The minimum Gasteiger partial charge on any atom is -0.373 e. The number of nitrogens with one attached hydrogen (secondary N) is 1. The van der Waals surface area contributed by atoms with Crippen LogP contribution in [0.4, 0.5) is 0 Å². The lowest BCUT2D eigenvalue weighted by Crippen LogP contribution is -2.48. The van der Waals surface area contributed by atoms with Gasteiger partial charge in [-0.1, -0.05) is 6.07 Å². The summed E-state index contributed by atoms with van der Waals surface area (Å²) in [5.41, 5.74) is 0.380. The number of carbonyl (C=O) groups is 2. The van der Waals surface area contributed by atoms with E-state index in [-0.39, 0.29) is 28.9 Å². The molecule has 1 aromatic rings. The number of likely N-dealkylation sites (tertiary alicyclic amines) is 1. The summed E-state index contributed by atoms with van der Waals surface area (Å²) in [5, 5.41) is 2.83. The summed E-state index contributed by atoms with van der Waals surface area (Å²) in [6, 6.07) is 6.30. The van der Waals surface area contributed by atoms with Gasteiger partial charge in [-0.2, -0.15) is 4.31 Å². The molecular weight excluding hydrogens is 406 g/mol. The molecule has 3 rings (SSSR count). The molecule has 1 aromatic carbocycles. The van der Waals surface area contributed by atoms with E-state index >= 15 is 0 Å². The molecule has 0 radical (unpaired) electrons. The number of benzene rings is 1. The Labute approximate surface area is 178 Å². The maximum Gasteiger partial charge on any atom is 0.253 e. The molecule has 166 valence electrons. The maximum absolute atomic E-state index is 13.1. The molecule has 0 aliphatic carbocycles. The normalized spacial score (nSPS) is 23.9. The predicted octanol–water partition coefficient (Wildman–Crippen LogP) is 1.47. The highest BCUT2D eigenvalue weighted by molar-refractivity contribution is 7.89. The smallest absolute Gasteiger partial charge is 0.253 e. The van der Waals surface area contributed by atoms with Crippen molar-refractivity contribution in [1.82, 2.24) is 14.5 Å². The second kappa shape index (κ2) is 9.45. The van der Waals surface area contributed by atoms with Gasteiger partial charge in [-0.3, -0.25) is 9.59 Å². The van der Waals surface area contributed by atoms with Crippen molar-refractivity contribution in [1.29, 1.82) is 0 Å². The second-order valence-corrected chi connectivity index (χ2v) is 10.2. The van der Waals surface area contributed by atoms with Crippen LogP contribution in [0.15, 0.2) is 29.2 Å². The first-order valence-corrected chi connectivity index (χ1v) is 11.9. The molecule has 1 N–H and O–H groups in total. The molecule has 0 saturated carbocycles. The molecule has 0 spiro atoms. The lowest BCUT2D eigenvalue weighted by atomic mass is 9.96. The molecule has 0 aromatic heterocycles. The Morgan fingerprint density at radius 3 is 2.37 bits per heavy atom. The fourth-order valence-electron chi connectivity index (χ4n) is 4.08. The Hall–Kier alpha value is -1.97. The van der Waals surface area contributed by atoms with Crippen molar-refractivity contribution < 1.29 is 22.7 Å². The highest BCUT2D eigenvalue weighted by atomic mass is 32.2. The quantitative estimate of drug-likeness (QED) is 0.753. The van der Waals surface area contributed by atoms with Crippen LogP contribution in [0.25, 0.3) is 0 Å². The fraction of sp³-hybridized carbons (Fsp3) is 0.619. The van der Waals surface area contributed by atoms with Crippen molar-refractivity contribution in [3.05, 3.63) is 29.8 Å². The minimum absolute atomic E-state index is 0.0458. The van der Waals surface area contributed by atoms with Crippen LogP contribution in [-0.2, 0) is 19.6 Å². The zero-order valence-corrected chi connectivity index (χ0v) is 18.7. The summed E-state index contributed by atoms with van der Waals surface area (Å²) in [7, 11) is -3.70. The van der Waals surface area contributed by atoms with Gasteiger partial charge >= 0.3 is 0 Å². The van der Waals surface area contributed by atoms with E-state index in [1.54, 1.807) is 17.0 Å². The van der Waals surface area contributed by atoms with Gasteiger partial charge in [0.1, 0.15) is 0 Å². The van der Waals surface area contributed by atoms with Crippen LogP contribution in [0.2, 0.25) is 0 Å². The van der Waals surface area contributed by atoms with Crippen molar-refractivity contribution in [3.8, 4) is 0 Å². The van der Waals surface area contributed by atoms with E-state index < -0.39 is 10.0 Å². The third-order valence-electron chi connectivity index (χ3n) is 5.65. The van der Waals surface area contributed by atoms with Crippen molar-refractivity contribution in [2.75, 3.05) is 32.7 Å². The lowest BCUT2D eigenvalue weighted by molar-refractivity contribution is -0.119. The summed E-state index contributed by atoms with van der Waals surface area (Å²) in [5.74, 6) is 0.152. The summed E-state index contributed by atoms with van der Waals surface area (Å²) < 4.78 is 33.3. The predicted molar refractivity (Wildman–Crippen MR) is 113 cm³/mol. The van der Waals surface area contributed by atoms with E-state index in [9.17, 15) is 18.0 Å². The monoisotopic (exact) mass is 437 g/mol. The number of ether oxygens (including phenoxy) is 1. The van der Waals surface area contributed by atoms with Gasteiger partial charge < -0.3 is 15.0 Å². The molecule has 30 heavy (non-hydrogen) atoms. The average molecular weight is 438 g/mol. The number of amides is 2. The van der Waals surface area contributed by atoms with Crippen molar-refractivity contribution >= 4 is 21.8 Å². The molecule has 2 atom stereocenters. The molecule has 2 aliphatic heterocycles. The van der Waals surface area contributed by atoms with Crippen LogP contribution in [0.1, 0.15) is 44.0 Å². The average Bonchev–Trinajstić information content (AvgIpc) is 2.71.